The summed E-state index contributed by atoms with van der Waals surface area (Å²) in [6, 6.07) is 12.5. The number of carbonyl (C=O) groups is 2. The van der Waals surface area contributed by atoms with Gasteiger partial charge in [0.1, 0.15) is 0 Å². The topological polar surface area (TPSA) is 85.2 Å². The summed E-state index contributed by atoms with van der Waals surface area (Å²) in [5, 5.41) is 11.5. The van der Waals surface area contributed by atoms with Crippen LogP contribution in [0.25, 0.3) is 5.69 Å². The van der Waals surface area contributed by atoms with Gasteiger partial charge in [-0.2, -0.15) is 5.10 Å². The second-order valence-electron chi connectivity index (χ2n) is 7.98. The summed E-state index contributed by atoms with van der Waals surface area (Å²) in [5.41, 5.74) is 3.81. The Labute approximate surface area is 198 Å². The fourth-order valence-corrected chi connectivity index (χ4v) is 4.38. The Bertz CT molecular complexity index is 1170. The average molecular weight is 467 g/mol. The monoisotopic (exact) mass is 466 g/mol. The second-order valence-corrected chi connectivity index (χ2v) is 8.39. The highest BCUT2D eigenvalue weighted by atomic mass is 35.5. The van der Waals surface area contributed by atoms with Gasteiger partial charge in [-0.3, -0.25) is 4.79 Å². The number of esters is 1. The second kappa shape index (κ2) is 10.2. The number of anilines is 1. The lowest BCUT2D eigenvalue weighted by molar-refractivity contribution is 0.0527. The lowest BCUT2D eigenvalue weighted by Gasteiger charge is -2.25. The van der Waals surface area contributed by atoms with Gasteiger partial charge in [-0.1, -0.05) is 29.8 Å². The SMILES string of the molecule is CCOC(=O)c1ccccc1NC(=O)c1cnn(-c2cccc(Cl)c2C)c1C1CCNCC1. The van der Waals surface area contributed by atoms with Crippen LogP contribution in [0.5, 0.6) is 0 Å². The number of rotatable bonds is 6. The minimum absolute atomic E-state index is 0.160. The van der Waals surface area contributed by atoms with E-state index in [4.69, 9.17) is 16.3 Å². The molecular weight excluding hydrogens is 440 g/mol. The largest absolute Gasteiger partial charge is 0.462 e. The third-order valence-electron chi connectivity index (χ3n) is 5.91. The van der Waals surface area contributed by atoms with Gasteiger partial charge in [0.05, 0.1) is 41.0 Å². The van der Waals surface area contributed by atoms with E-state index in [-0.39, 0.29) is 18.4 Å². The standard InChI is InChI=1S/C25H27ClN4O3/c1-3-33-25(32)18-7-4-5-9-21(18)29-24(31)19-15-28-30(22-10-6-8-20(26)16(22)2)23(19)17-11-13-27-14-12-17/h4-10,15,17,27H,3,11-14H2,1-2H3,(H,29,31). The Kier molecular flexibility index (Phi) is 7.11. The maximum atomic E-state index is 13.4. The van der Waals surface area contributed by atoms with E-state index < -0.39 is 5.97 Å². The van der Waals surface area contributed by atoms with Gasteiger partial charge >= 0.3 is 5.97 Å². The minimum Gasteiger partial charge on any atom is -0.462 e. The molecule has 1 fully saturated rings. The smallest absolute Gasteiger partial charge is 0.340 e. The quantitative estimate of drug-likeness (QED) is 0.513. The molecule has 2 aromatic carbocycles. The van der Waals surface area contributed by atoms with Gasteiger partial charge < -0.3 is 15.4 Å². The van der Waals surface area contributed by atoms with Crippen molar-refractivity contribution in [2.45, 2.75) is 32.6 Å². The molecule has 3 aromatic rings. The molecule has 1 aliphatic rings. The lowest BCUT2D eigenvalue weighted by atomic mass is 9.91. The van der Waals surface area contributed by atoms with Gasteiger partial charge in [0.2, 0.25) is 0 Å². The number of carbonyl (C=O) groups excluding carboxylic acids is 2. The Morgan fingerprint density at radius 2 is 1.91 bits per heavy atom. The predicted octanol–water partition coefficient (Wildman–Crippen LogP) is 4.73. The van der Waals surface area contributed by atoms with Crippen molar-refractivity contribution >= 4 is 29.2 Å². The fourth-order valence-electron chi connectivity index (χ4n) is 4.21. The van der Waals surface area contributed by atoms with Crippen molar-refractivity contribution in [2.75, 3.05) is 25.0 Å². The molecule has 0 unspecified atom stereocenters. The first-order chi connectivity index (χ1) is 16.0. The van der Waals surface area contributed by atoms with E-state index in [0.29, 0.717) is 21.8 Å². The van der Waals surface area contributed by atoms with Gasteiger partial charge in [0, 0.05) is 10.9 Å². The first kappa shape index (κ1) is 23.0. The van der Waals surface area contributed by atoms with Gasteiger partial charge in [-0.15, -0.1) is 0 Å². The predicted molar refractivity (Wildman–Crippen MR) is 129 cm³/mol. The lowest BCUT2D eigenvalue weighted by Crippen LogP contribution is -2.29. The number of ether oxygens (including phenoxy) is 1. The molecule has 7 nitrogen and oxygen atoms in total. The summed E-state index contributed by atoms with van der Waals surface area (Å²) >= 11 is 6.38. The van der Waals surface area contributed by atoms with E-state index in [1.807, 2.05) is 29.8 Å². The van der Waals surface area contributed by atoms with Crippen LogP contribution in [0.4, 0.5) is 5.69 Å². The zero-order chi connectivity index (χ0) is 23.4. The Morgan fingerprint density at radius 1 is 1.15 bits per heavy atom. The summed E-state index contributed by atoms with van der Waals surface area (Å²) < 4.78 is 6.97. The van der Waals surface area contributed by atoms with Crippen molar-refractivity contribution in [3.05, 3.63) is 76.1 Å². The zero-order valence-corrected chi connectivity index (χ0v) is 19.5. The molecule has 33 heavy (non-hydrogen) atoms. The van der Waals surface area contributed by atoms with Crippen molar-refractivity contribution in [1.82, 2.24) is 15.1 Å². The van der Waals surface area contributed by atoms with Gasteiger partial charge in [-0.05, 0) is 69.6 Å². The number of nitrogens with zero attached hydrogens (tertiary/aromatic N) is 2. The molecule has 4 rings (SSSR count). The summed E-state index contributed by atoms with van der Waals surface area (Å²) in [5.74, 6) is -0.628. The number of amides is 1. The number of aromatic nitrogens is 2. The molecule has 8 heteroatoms. The molecular formula is C25H27ClN4O3. The van der Waals surface area contributed by atoms with Crippen LogP contribution in [0, 0.1) is 6.92 Å². The summed E-state index contributed by atoms with van der Waals surface area (Å²) in [4.78, 5) is 25.8. The van der Waals surface area contributed by atoms with Crippen LogP contribution in [0.3, 0.4) is 0 Å². The van der Waals surface area contributed by atoms with E-state index in [1.165, 1.54) is 0 Å². The van der Waals surface area contributed by atoms with Crippen LogP contribution in [-0.4, -0.2) is 41.4 Å². The van der Waals surface area contributed by atoms with Crippen molar-refractivity contribution < 1.29 is 14.3 Å². The number of nitrogens with one attached hydrogen (secondary N) is 2. The third kappa shape index (κ3) is 4.79. The molecule has 0 bridgehead atoms. The number of hydrogen-bond donors (Lipinski definition) is 2. The molecule has 1 amide bonds. The Morgan fingerprint density at radius 3 is 2.67 bits per heavy atom. The van der Waals surface area contributed by atoms with Crippen LogP contribution in [0.2, 0.25) is 5.02 Å². The molecule has 1 saturated heterocycles. The normalized spacial score (nSPS) is 14.2. The highest BCUT2D eigenvalue weighted by Gasteiger charge is 2.28. The van der Waals surface area contributed by atoms with Gasteiger partial charge in [-0.25, -0.2) is 9.48 Å². The van der Waals surface area contributed by atoms with E-state index in [1.54, 1.807) is 37.4 Å². The molecule has 1 aliphatic heterocycles. The van der Waals surface area contributed by atoms with Crippen molar-refractivity contribution in [3.8, 4) is 5.69 Å². The molecule has 172 valence electrons. The molecule has 2 heterocycles. The van der Waals surface area contributed by atoms with E-state index in [2.05, 4.69) is 15.7 Å². The van der Waals surface area contributed by atoms with Crippen LogP contribution in [0.15, 0.2) is 48.7 Å². The third-order valence-corrected chi connectivity index (χ3v) is 6.32. The molecule has 0 spiro atoms. The van der Waals surface area contributed by atoms with Crippen molar-refractivity contribution in [3.63, 3.8) is 0 Å². The van der Waals surface area contributed by atoms with Crippen LogP contribution >= 0.6 is 11.6 Å². The number of hydrogen-bond acceptors (Lipinski definition) is 5. The maximum Gasteiger partial charge on any atom is 0.340 e. The number of halogens is 1. The zero-order valence-electron chi connectivity index (χ0n) is 18.7. The van der Waals surface area contributed by atoms with Gasteiger partial charge in [0.25, 0.3) is 5.91 Å². The summed E-state index contributed by atoms with van der Waals surface area (Å²) in [7, 11) is 0. The van der Waals surface area contributed by atoms with E-state index in [0.717, 1.165) is 42.9 Å². The van der Waals surface area contributed by atoms with Crippen molar-refractivity contribution in [2.24, 2.45) is 0 Å². The molecule has 1 aromatic heterocycles. The fraction of sp³-hybridized carbons (Fsp3) is 0.320. The Hall–Kier alpha value is -3.16. The number of piperidine rings is 1. The summed E-state index contributed by atoms with van der Waals surface area (Å²) in [6.07, 6.45) is 3.38. The summed E-state index contributed by atoms with van der Waals surface area (Å²) in [6.45, 7) is 5.69. The van der Waals surface area contributed by atoms with Gasteiger partial charge in [0.15, 0.2) is 0 Å². The Balaban J connectivity index is 1.74. The number of para-hydroxylation sites is 1. The van der Waals surface area contributed by atoms with Crippen LogP contribution in [-0.2, 0) is 4.74 Å². The first-order valence-corrected chi connectivity index (χ1v) is 11.5. The minimum atomic E-state index is -0.475. The van der Waals surface area contributed by atoms with Crippen LogP contribution in [0.1, 0.15) is 57.7 Å². The highest BCUT2D eigenvalue weighted by molar-refractivity contribution is 6.31. The molecule has 0 atom stereocenters. The highest BCUT2D eigenvalue weighted by Crippen LogP contribution is 2.33. The maximum absolute atomic E-state index is 13.4. The molecule has 0 radical (unpaired) electrons. The van der Waals surface area contributed by atoms with E-state index >= 15 is 0 Å². The van der Waals surface area contributed by atoms with Crippen molar-refractivity contribution in [1.29, 1.82) is 0 Å². The van der Waals surface area contributed by atoms with E-state index in [9.17, 15) is 9.59 Å². The number of benzene rings is 2. The average Bonchev–Trinajstić information content (AvgIpc) is 3.27. The first-order valence-electron chi connectivity index (χ1n) is 11.1. The molecule has 0 aliphatic carbocycles. The molecule has 2 N–H and O–H groups in total. The molecule has 0 saturated carbocycles. The van der Waals surface area contributed by atoms with Crippen LogP contribution < -0.4 is 10.6 Å².